The Morgan fingerprint density at radius 2 is 1.55 bits per heavy atom. The van der Waals surface area contributed by atoms with Crippen molar-refractivity contribution in [3.05, 3.63) is 0 Å². The Kier molecular flexibility index (Phi) is 2.17. The van der Waals surface area contributed by atoms with Gasteiger partial charge in [-0.1, -0.05) is 32.1 Å². The predicted octanol–water partition coefficient (Wildman–Crippen LogP) is 2.34. The first-order chi connectivity index (χ1) is 5.38. The van der Waals surface area contributed by atoms with E-state index in [1.165, 1.54) is 38.5 Å². The van der Waals surface area contributed by atoms with Crippen molar-refractivity contribution in [2.75, 3.05) is 0 Å². The van der Waals surface area contributed by atoms with E-state index in [1.54, 1.807) is 0 Å². The molecule has 0 heterocycles. The first-order valence-electron chi connectivity index (χ1n) is 5.06. The summed E-state index contributed by atoms with van der Waals surface area (Å²) in [4.78, 5) is 0. The molecule has 11 heavy (non-hydrogen) atoms. The zero-order valence-corrected chi connectivity index (χ0v) is 7.13. The van der Waals surface area contributed by atoms with Crippen LogP contribution in [0.1, 0.15) is 44.9 Å². The molecule has 1 nitrogen and oxygen atoms in total. The van der Waals surface area contributed by atoms with Gasteiger partial charge in [0.15, 0.2) is 0 Å². The summed E-state index contributed by atoms with van der Waals surface area (Å²) in [5.41, 5.74) is 0. The van der Waals surface area contributed by atoms with Crippen LogP contribution in [0.5, 0.6) is 0 Å². The molecule has 0 aromatic carbocycles. The second-order valence-corrected chi connectivity index (χ2v) is 4.21. The summed E-state index contributed by atoms with van der Waals surface area (Å²) < 4.78 is 0. The van der Waals surface area contributed by atoms with Crippen molar-refractivity contribution in [1.29, 1.82) is 0 Å². The number of hydrogen-bond acceptors (Lipinski definition) is 1. The van der Waals surface area contributed by atoms with Crippen molar-refractivity contribution in [3.8, 4) is 0 Å². The lowest BCUT2D eigenvalue weighted by Gasteiger charge is -2.40. The highest BCUT2D eigenvalue weighted by Crippen LogP contribution is 2.40. The van der Waals surface area contributed by atoms with E-state index in [-0.39, 0.29) is 6.10 Å². The third kappa shape index (κ3) is 1.44. The van der Waals surface area contributed by atoms with Gasteiger partial charge >= 0.3 is 0 Å². The third-order valence-corrected chi connectivity index (χ3v) is 3.55. The Morgan fingerprint density at radius 1 is 0.818 bits per heavy atom. The lowest BCUT2D eigenvalue weighted by molar-refractivity contribution is -0.0194. The minimum Gasteiger partial charge on any atom is -0.393 e. The van der Waals surface area contributed by atoms with Crippen molar-refractivity contribution in [3.63, 3.8) is 0 Å². The average molecular weight is 154 g/mol. The Bertz CT molecular complexity index is 127. The van der Waals surface area contributed by atoms with Crippen LogP contribution < -0.4 is 0 Å². The van der Waals surface area contributed by atoms with Crippen LogP contribution in [0.4, 0.5) is 0 Å². The Hall–Kier alpha value is -0.0400. The van der Waals surface area contributed by atoms with Gasteiger partial charge in [-0.3, -0.25) is 0 Å². The first kappa shape index (κ1) is 7.60. The summed E-state index contributed by atoms with van der Waals surface area (Å²) in [6.07, 6.45) is 9.47. The summed E-state index contributed by atoms with van der Waals surface area (Å²) in [6, 6.07) is 0. The molecule has 0 spiro atoms. The maximum absolute atomic E-state index is 9.46. The van der Waals surface area contributed by atoms with E-state index in [4.69, 9.17) is 0 Å². The van der Waals surface area contributed by atoms with Gasteiger partial charge in [0.1, 0.15) is 0 Å². The molecule has 2 fully saturated rings. The van der Waals surface area contributed by atoms with Crippen molar-refractivity contribution in [2.45, 2.75) is 51.0 Å². The largest absolute Gasteiger partial charge is 0.393 e. The molecular weight excluding hydrogens is 136 g/mol. The lowest BCUT2D eigenvalue weighted by Crippen LogP contribution is -2.37. The smallest absolute Gasteiger partial charge is 0.0571 e. The van der Waals surface area contributed by atoms with Crippen LogP contribution in [0.2, 0.25) is 0 Å². The van der Waals surface area contributed by atoms with Crippen LogP contribution in [0.3, 0.4) is 0 Å². The normalized spacial score (nSPS) is 40.1. The summed E-state index contributed by atoms with van der Waals surface area (Å²) >= 11 is 0. The topological polar surface area (TPSA) is 20.2 Å². The molecule has 0 aromatic rings. The van der Waals surface area contributed by atoms with Crippen molar-refractivity contribution >= 4 is 0 Å². The van der Waals surface area contributed by atoms with Gasteiger partial charge in [-0.05, 0) is 24.7 Å². The molecule has 2 aliphatic rings. The van der Waals surface area contributed by atoms with Crippen LogP contribution >= 0.6 is 0 Å². The average Bonchev–Trinajstić information content (AvgIpc) is 2.04. The quantitative estimate of drug-likeness (QED) is 0.614. The molecule has 0 bridgehead atoms. The van der Waals surface area contributed by atoms with E-state index in [2.05, 4.69) is 0 Å². The fourth-order valence-corrected chi connectivity index (χ4v) is 2.62. The van der Waals surface area contributed by atoms with Gasteiger partial charge in [0.05, 0.1) is 6.10 Å². The highest BCUT2D eigenvalue weighted by atomic mass is 16.3. The molecular formula is C10H18O. The van der Waals surface area contributed by atoms with Gasteiger partial charge in [0.25, 0.3) is 0 Å². The molecule has 2 atom stereocenters. The zero-order chi connectivity index (χ0) is 7.68. The fraction of sp³-hybridized carbons (Fsp3) is 1.00. The van der Waals surface area contributed by atoms with Crippen LogP contribution in [0.15, 0.2) is 0 Å². The molecule has 0 aliphatic heterocycles. The van der Waals surface area contributed by atoms with E-state index in [1.807, 2.05) is 0 Å². The molecule has 1 heteroatoms. The molecule has 0 aromatic heterocycles. The van der Waals surface area contributed by atoms with Gasteiger partial charge in [-0.15, -0.1) is 0 Å². The Balaban J connectivity index is 1.83. The molecule has 2 saturated carbocycles. The van der Waals surface area contributed by atoms with Gasteiger partial charge in [0.2, 0.25) is 0 Å². The summed E-state index contributed by atoms with van der Waals surface area (Å²) in [7, 11) is 0. The Morgan fingerprint density at radius 3 is 2.00 bits per heavy atom. The van der Waals surface area contributed by atoms with Gasteiger partial charge in [0, 0.05) is 0 Å². The van der Waals surface area contributed by atoms with E-state index < -0.39 is 0 Å². The summed E-state index contributed by atoms with van der Waals surface area (Å²) in [6.45, 7) is 0. The number of rotatable bonds is 1. The van der Waals surface area contributed by atoms with Crippen LogP contribution in [0.25, 0.3) is 0 Å². The molecule has 1 N–H and O–H groups in total. The number of aliphatic hydroxyl groups is 1. The number of hydrogen-bond donors (Lipinski definition) is 1. The van der Waals surface area contributed by atoms with E-state index >= 15 is 0 Å². The summed E-state index contributed by atoms with van der Waals surface area (Å²) in [5.74, 6) is 1.57. The first-order valence-corrected chi connectivity index (χ1v) is 5.06. The predicted molar refractivity (Wildman–Crippen MR) is 45.3 cm³/mol. The van der Waals surface area contributed by atoms with Gasteiger partial charge in [-0.2, -0.15) is 0 Å². The Labute approximate surface area is 68.8 Å². The monoisotopic (exact) mass is 154 g/mol. The van der Waals surface area contributed by atoms with Crippen LogP contribution in [-0.4, -0.2) is 11.2 Å². The minimum atomic E-state index is 0.0677. The second-order valence-electron chi connectivity index (χ2n) is 4.21. The van der Waals surface area contributed by atoms with Crippen LogP contribution in [0, 0.1) is 11.8 Å². The van der Waals surface area contributed by atoms with Crippen molar-refractivity contribution in [1.82, 2.24) is 0 Å². The minimum absolute atomic E-state index is 0.0677. The fourth-order valence-electron chi connectivity index (χ4n) is 2.62. The van der Waals surface area contributed by atoms with Gasteiger partial charge in [-0.25, -0.2) is 0 Å². The van der Waals surface area contributed by atoms with E-state index in [0.29, 0.717) is 5.92 Å². The van der Waals surface area contributed by atoms with E-state index in [9.17, 15) is 5.11 Å². The molecule has 0 radical (unpaired) electrons. The lowest BCUT2D eigenvalue weighted by atomic mass is 9.68. The summed E-state index contributed by atoms with van der Waals surface area (Å²) in [5, 5.41) is 9.46. The van der Waals surface area contributed by atoms with E-state index in [0.717, 1.165) is 12.3 Å². The highest BCUT2D eigenvalue weighted by molar-refractivity contribution is 4.86. The standard InChI is InChI=1S/C10H18O/c11-10-7-6-9(10)8-4-2-1-3-5-8/h8-11H,1-7H2. The maximum atomic E-state index is 9.46. The second kappa shape index (κ2) is 3.14. The van der Waals surface area contributed by atoms with Crippen molar-refractivity contribution < 1.29 is 5.11 Å². The third-order valence-electron chi connectivity index (χ3n) is 3.55. The molecule has 2 rings (SSSR count). The molecule has 2 aliphatic carbocycles. The molecule has 0 amide bonds. The molecule has 2 unspecified atom stereocenters. The number of aliphatic hydroxyl groups excluding tert-OH is 1. The van der Waals surface area contributed by atoms with Gasteiger partial charge < -0.3 is 5.11 Å². The van der Waals surface area contributed by atoms with Crippen molar-refractivity contribution in [2.24, 2.45) is 11.8 Å². The zero-order valence-electron chi connectivity index (χ0n) is 7.13. The molecule has 0 saturated heterocycles. The van der Waals surface area contributed by atoms with Crippen LogP contribution in [-0.2, 0) is 0 Å². The maximum Gasteiger partial charge on any atom is 0.0571 e. The molecule has 64 valence electrons. The highest BCUT2D eigenvalue weighted by Gasteiger charge is 2.35. The SMILES string of the molecule is OC1CCC1C1CCCCC1.